The first-order valence-electron chi connectivity index (χ1n) is 8.93. The maximum absolute atomic E-state index is 6.95. The lowest BCUT2D eigenvalue weighted by atomic mass is 9.46. The van der Waals surface area contributed by atoms with Gasteiger partial charge < -0.3 is 5.73 Å². The predicted octanol–water partition coefficient (Wildman–Crippen LogP) is 3.66. The Labute approximate surface area is 127 Å². The lowest BCUT2D eigenvalue weighted by molar-refractivity contribution is -0.0714. The third kappa shape index (κ3) is 1.78. The van der Waals surface area contributed by atoms with E-state index in [1.165, 1.54) is 62.6 Å². The topological polar surface area (TPSA) is 38.9 Å². The van der Waals surface area contributed by atoms with E-state index in [4.69, 9.17) is 10.7 Å². The summed E-state index contributed by atoms with van der Waals surface area (Å²) in [5.74, 6) is 3.50. The van der Waals surface area contributed by atoms with Crippen LogP contribution in [-0.4, -0.2) is 11.0 Å². The smallest absolute Gasteiger partial charge is 0.0482 e. The summed E-state index contributed by atoms with van der Waals surface area (Å²) in [5.41, 5.74) is 10.2. The van der Waals surface area contributed by atoms with E-state index >= 15 is 0 Å². The van der Waals surface area contributed by atoms with Gasteiger partial charge in [-0.3, -0.25) is 4.98 Å². The van der Waals surface area contributed by atoms with Crippen LogP contribution in [0.5, 0.6) is 0 Å². The average Bonchev–Trinajstić information content (AvgIpc) is 2.89. The van der Waals surface area contributed by atoms with Gasteiger partial charge in [0.15, 0.2) is 0 Å². The van der Waals surface area contributed by atoms with E-state index in [9.17, 15) is 0 Å². The summed E-state index contributed by atoms with van der Waals surface area (Å²) in [6.07, 6.45) is 13.1. The number of hydrogen-bond donors (Lipinski definition) is 1. The van der Waals surface area contributed by atoms with Gasteiger partial charge in [-0.05, 0) is 86.2 Å². The zero-order valence-electron chi connectivity index (χ0n) is 12.8. The van der Waals surface area contributed by atoms with Crippen LogP contribution >= 0.6 is 0 Å². The summed E-state index contributed by atoms with van der Waals surface area (Å²) < 4.78 is 0. The first-order valence-corrected chi connectivity index (χ1v) is 8.93. The van der Waals surface area contributed by atoms with Gasteiger partial charge in [-0.15, -0.1) is 0 Å². The summed E-state index contributed by atoms with van der Waals surface area (Å²) in [6.45, 7) is 0. The van der Waals surface area contributed by atoms with Crippen molar-refractivity contribution in [3.05, 3.63) is 29.6 Å². The Balaban J connectivity index is 1.48. The molecule has 2 N–H and O–H groups in total. The Kier molecular flexibility index (Phi) is 2.60. The highest BCUT2D eigenvalue weighted by Gasteiger charge is 2.55. The molecule has 2 heteroatoms. The molecule has 0 radical (unpaired) electrons. The van der Waals surface area contributed by atoms with E-state index < -0.39 is 0 Å². The SMILES string of the molecule is NC(C1CCc2cccnc21)C12CC3CC(CC(C3)C1)C2. The number of aryl methyl sites for hydroxylation is 1. The molecule has 1 heterocycles. The highest BCUT2D eigenvalue weighted by molar-refractivity contribution is 5.31. The second kappa shape index (κ2) is 4.32. The molecule has 0 aliphatic heterocycles. The van der Waals surface area contributed by atoms with Crippen LogP contribution in [0.15, 0.2) is 18.3 Å². The zero-order valence-corrected chi connectivity index (χ0v) is 12.8. The molecule has 0 amide bonds. The lowest BCUT2D eigenvalue weighted by Gasteiger charge is -2.59. The van der Waals surface area contributed by atoms with Gasteiger partial charge in [0.25, 0.3) is 0 Å². The van der Waals surface area contributed by atoms with E-state index in [1.54, 1.807) is 0 Å². The van der Waals surface area contributed by atoms with Gasteiger partial charge in [-0.2, -0.15) is 0 Å². The molecule has 1 aromatic heterocycles. The molecule has 21 heavy (non-hydrogen) atoms. The van der Waals surface area contributed by atoms with Crippen molar-refractivity contribution in [3.8, 4) is 0 Å². The van der Waals surface area contributed by atoms with E-state index in [0.717, 1.165) is 17.8 Å². The fraction of sp³-hybridized carbons (Fsp3) is 0.737. The normalized spacial score (nSPS) is 44.8. The van der Waals surface area contributed by atoms with Gasteiger partial charge >= 0.3 is 0 Å². The Morgan fingerprint density at radius 3 is 2.43 bits per heavy atom. The Morgan fingerprint density at radius 2 is 1.76 bits per heavy atom. The van der Waals surface area contributed by atoms with E-state index in [2.05, 4.69) is 12.1 Å². The van der Waals surface area contributed by atoms with Crippen LogP contribution in [-0.2, 0) is 6.42 Å². The standard InChI is InChI=1S/C19H26N2/c20-18(16-4-3-15-2-1-5-21-17(15)16)19-9-12-6-13(10-19)8-14(7-12)11-19/h1-2,5,12-14,16,18H,3-4,6-11,20H2. The van der Waals surface area contributed by atoms with Crippen molar-refractivity contribution in [1.29, 1.82) is 0 Å². The number of nitrogens with two attached hydrogens (primary N) is 1. The van der Waals surface area contributed by atoms with Crippen molar-refractivity contribution in [2.45, 2.75) is 63.3 Å². The summed E-state index contributed by atoms with van der Waals surface area (Å²) in [5, 5.41) is 0. The minimum atomic E-state index is 0.349. The average molecular weight is 282 g/mol. The van der Waals surface area contributed by atoms with Crippen molar-refractivity contribution >= 4 is 0 Å². The first-order chi connectivity index (χ1) is 10.2. The molecular weight excluding hydrogens is 256 g/mol. The molecule has 1 aromatic rings. The van der Waals surface area contributed by atoms with Gasteiger partial charge in [0, 0.05) is 23.9 Å². The van der Waals surface area contributed by atoms with Crippen LogP contribution in [0, 0.1) is 23.2 Å². The monoisotopic (exact) mass is 282 g/mol. The van der Waals surface area contributed by atoms with Gasteiger partial charge in [0.2, 0.25) is 0 Å². The maximum atomic E-state index is 6.95. The molecule has 2 unspecified atom stereocenters. The van der Waals surface area contributed by atoms with Crippen LogP contribution in [0.4, 0.5) is 0 Å². The molecule has 5 aliphatic rings. The number of nitrogens with zero attached hydrogens (tertiary/aromatic N) is 1. The summed E-state index contributed by atoms with van der Waals surface area (Å²) in [4.78, 5) is 4.71. The van der Waals surface area contributed by atoms with Gasteiger partial charge in [0.1, 0.15) is 0 Å². The van der Waals surface area contributed by atoms with Gasteiger partial charge in [-0.25, -0.2) is 0 Å². The van der Waals surface area contributed by atoms with Crippen molar-refractivity contribution < 1.29 is 0 Å². The summed E-state index contributed by atoms with van der Waals surface area (Å²) >= 11 is 0. The van der Waals surface area contributed by atoms with Crippen LogP contribution in [0.25, 0.3) is 0 Å². The van der Waals surface area contributed by atoms with E-state index in [1.807, 2.05) is 6.20 Å². The lowest BCUT2D eigenvalue weighted by Crippen LogP contribution is -2.56. The Hall–Kier alpha value is -0.890. The predicted molar refractivity (Wildman–Crippen MR) is 83.9 cm³/mol. The third-order valence-electron chi connectivity index (χ3n) is 7.23. The molecule has 2 atom stereocenters. The van der Waals surface area contributed by atoms with Crippen molar-refractivity contribution in [2.24, 2.45) is 28.9 Å². The van der Waals surface area contributed by atoms with Crippen LogP contribution in [0.1, 0.15) is 62.1 Å². The molecule has 5 aliphatic carbocycles. The van der Waals surface area contributed by atoms with Crippen molar-refractivity contribution in [3.63, 3.8) is 0 Å². The molecule has 2 nitrogen and oxygen atoms in total. The second-order valence-corrected chi connectivity index (χ2v) is 8.50. The molecule has 4 fully saturated rings. The Bertz CT molecular complexity index is 529. The third-order valence-corrected chi connectivity index (χ3v) is 7.23. The molecule has 6 rings (SSSR count). The number of hydrogen-bond acceptors (Lipinski definition) is 2. The van der Waals surface area contributed by atoms with Gasteiger partial charge in [-0.1, -0.05) is 6.07 Å². The summed E-state index contributed by atoms with van der Waals surface area (Å²) in [6, 6.07) is 4.69. The highest BCUT2D eigenvalue weighted by Crippen LogP contribution is 2.62. The second-order valence-electron chi connectivity index (χ2n) is 8.50. The Morgan fingerprint density at radius 1 is 1.10 bits per heavy atom. The quantitative estimate of drug-likeness (QED) is 0.899. The molecule has 0 saturated heterocycles. The van der Waals surface area contributed by atoms with Crippen LogP contribution in [0.2, 0.25) is 0 Å². The molecule has 0 aromatic carbocycles. The largest absolute Gasteiger partial charge is 0.327 e. The number of pyridine rings is 1. The molecule has 0 spiro atoms. The van der Waals surface area contributed by atoms with Crippen molar-refractivity contribution in [2.75, 3.05) is 0 Å². The molecule has 4 bridgehead atoms. The van der Waals surface area contributed by atoms with Crippen molar-refractivity contribution in [1.82, 2.24) is 4.98 Å². The van der Waals surface area contributed by atoms with Gasteiger partial charge in [0.05, 0.1) is 0 Å². The molecular formula is C19H26N2. The first kappa shape index (κ1) is 12.6. The number of rotatable bonds is 2. The minimum absolute atomic E-state index is 0.349. The van der Waals surface area contributed by atoms with E-state index in [-0.39, 0.29) is 0 Å². The zero-order chi connectivity index (χ0) is 14.0. The summed E-state index contributed by atoms with van der Waals surface area (Å²) in [7, 11) is 0. The fourth-order valence-corrected chi connectivity index (χ4v) is 6.81. The van der Waals surface area contributed by atoms with Crippen LogP contribution < -0.4 is 5.73 Å². The minimum Gasteiger partial charge on any atom is -0.327 e. The fourth-order valence-electron chi connectivity index (χ4n) is 6.81. The number of aromatic nitrogens is 1. The van der Waals surface area contributed by atoms with E-state index in [0.29, 0.717) is 17.4 Å². The van der Waals surface area contributed by atoms with Crippen LogP contribution in [0.3, 0.4) is 0 Å². The number of fused-ring (bicyclic) bond motifs is 1. The molecule has 112 valence electrons. The molecule has 4 saturated carbocycles. The highest BCUT2D eigenvalue weighted by atomic mass is 14.8. The maximum Gasteiger partial charge on any atom is 0.0482 e.